The molecule has 1 saturated heterocycles. The summed E-state index contributed by atoms with van der Waals surface area (Å²) in [6, 6.07) is 4.93. The van der Waals surface area contributed by atoms with Crippen molar-refractivity contribution in [1.29, 1.82) is 0 Å². The number of aliphatic hydroxyl groups excluding tert-OH is 1. The SMILES string of the molecule is CC1CN(c2ccc([C@@H](C)O)cc2F)CC(C)(C)O1. The van der Waals surface area contributed by atoms with E-state index in [0.29, 0.717) is 24.3 Å². The van der Waals surface area contributed by atoms with Gasteiger partial charge in [0.1, 0.15) is 5.82 Å². The van der Waals surface area contributed by atoms with E-state index >= 15 is 0 Å². The number of halogens is 1. The van der Waals surface area contributed by atoms with Crippen LogP contribution in [-0.2, 0) is 4.74 Å². The molecule has 0 saturated carbocycles. The van der Waals surface area contributed by atoms with Gasteiger partial charge in [-0.1, -0.05) is 6.07 Å². The van der Waals surface area contributed by atoms with E-state index in [1.165, 1.54) is 6.07 Å². The maximum absolute atomic E-state index is 14.2. The van der Waals surface area contributed by atoms with Crippen LogP contribution in [0.25, 0.3) is 0 Å². The molecule has 4 heteroatoms. The van der Waals surface area contributed by atoms with Gasteiger partial charge in [-0.05, 0) is 45.4 Å². The number of rotatable bonds is 2. The van der Waals surface area contributed by atoms with E-state index in [2.05, 4.69) is 0 Å². The smallest absolute Gasteiger partial charge is 0.146 e. The topological polar surface area (TPSA) is 32.7 Å². The van der Waals surface area contributed by atoms with Crippen LogP contribution in [0.15, 0.2) is 18.2 Å². The van der Waals surface area contributed by atoms with Gasteiger partial charge in [-0.15, -0.1) is 0 Å². The van der Waals surface area contributed by atoms with E-state index in [0.717, 1.165) is 0 Å². The van der Waals surface area contributed by atoms with Gasteiger partial charge in [-0.2, -0.15) is 0 Å². The highest BCUT2D eigenvalue weighted by molar-refractivity contribution is 5.50. The number of morpholine rings is 1. The lowest BCUT2D eigenvalue weighted by Gasteiger charge is -2.43. The van der Waals surface area contributed by atoms with Crippen LogP contribution in [0.2, 0.25) is 0 Å². The van der Waals surface area contributed by atoms with Gasteiger partial charge in [-0.3, -0.25) is 0 Å². The lowest BCUT2D eigenvalue weighted by Crippen LogP contribution is -2.52. The second-order valence-corrected chi connectivity index (χ2v) is 5.96. The molecule has 1 fully saturated rings. The first-order chi connectivity index (χ1) is 8.78. The molecule has 1 aliphatic rings. The van der Waals surface area contributed by atoms with E-state index in [-0.39, 0.29) is 17.5 Å². The summed E-state index contributed by atoms with van der Waals surface area (Å²) in [4.78, 5) is 2.01. The molecule has 19 heavy (non-hydrogen) atoms. The quantitative estimate of drug-likeness (QED) is 0.894. The second-order valence-electron chi connectivity index (χ2n) is 5.96. The Morgan fingerprint density at radius 3 is 2.68 bits per heavy atom. The summed E-state index contributed by atoms with van der Waals surface area (Å²) in [6.45, 7) is 8.98. The summed E-state index contributed by atoms with van der Waals surface area (Å²) in [6.07, 6.45) is -0.580. The van der Waals surface area contributed by atoms with E-state index in [9.17, 15) is 9.50 Å². The van der Waals surface area contributed by atoms with Crippen LogP contribution in [0, 0.1) is 5.82 Å². The zero-order valence-electron chi connectivity index (χ0n) is 12.0. The number of nitrogens with zero attached hydrogens (tertiary/aromatic N) is 1. The van der Waals surface area contributed by atoms with E-state index in [4.69, 9.17) is 4.74 Å². The van der Waals surface area contributed by atoms with Gasteiger partial charge in [-0.25, -0.2) is 4.39 Å². The Hall–Kier alpha value is -1.13. The summed E-state index contributed by atoms with van der Waals surface area (Å²) in [5, 5.41) is 9.47. The molecule has 1 heterocycles. The first-order valence-corrected chi connectivity index (χ1v) is 6.69. The number of ether oxygens (including phenoxy) is 1. The molecule has 1 aliphatic heterocycles. The van der Waals surface area contributed by atoms with Crippen molar-refractivity contribution in [1.82, 2.24) is 0 Å². The fourth-order valence-corrected chi connectivity index (χ4v) is 2.68. The van der Waals surface area contributed by atoms with Crippen LogP contribution < -0.4 is 4.90 Å². The largest absolute Gasteiger partial charge is 0.389 e. The van der Waals surface area contributed by atoms with Crippen molar-refractivity contribution in [3.63, 3.8) is 0 Å². The van der Waals surface area contributed by atoms with Crippen LogP contribution in [0.3, 0.4) is 0 Å². The molecule has 1 aromatic rings. The van der Waals surface area contributed by atoms with Gasteiger partial charge >= 0.3 is 0 Å². The van der Waals surface area contributed by atoms with Gasteiger partial charge in [0.2, 0.25) is 0 Å². The molecule has 2 rings (SSSR count). The Bertz CT molecular complexity index is 459. The van der Waals surface area contributed by atoms with Crippen LogP contribution >= 0.6 is 0 Å². The second kappa shape index (κ2) is 5.10. The Morgan fingerprint density at radius 1 is 1.47 bits per heavy atom. The van der Waals surface area contributed by atoms with Crippen molar-refractivity contribution in [3.8, 4) is 0 Å². The zero-order chi connectivity index (χ0) is 14.2. The van der Waals surface area contributed by atoms with Crippen LogP contribution in [0.5, 0.6) is 0 Å². The van der Waals surface area contributed by atoms with Crippen LogP contribution in [-0.4, -0.2) is 29.9 Å². The van der Waals surface area contributed by atoms with Crippen LogP contribution in [0.4, 0.5) is 10.1 Å². The summed E-state index contributed by atoms with van der Waals surface area (Å²) < 4.78 is 20.0. The van der Waals surface area contributed by atoms with Gasteiger partial charge in [0.05, 0.1) is 23.5 Å². The molecule has 0 radical (unpaired) electrons. The van der Waals surface area contributed by atoms with Gasteiger partial charge in [0.25, 0.3) is 0 Å². The first kappa shape index (κ1) is 14.3. The molecule has 106 valence electrons. The number of hydrogen-bond acceptors (Lipinski definition) is 3. The lowest BCUT2D eigenvalue weighted by molar-refractivity contribution is -0.0751. The van der Waals surface area contributed by atoms with Crippen molar-refractivity contribution in [2.24, 2.45) is 0 Å². The zero-order valence-corrected chi connectivity index (χ0v) is 12.0. The molecule has 2 atom stereocenters. The molecule has 0 aliphatic carbocycles. The monoisotopic (exact) mass is 267 g/mol. The molecular weight excluding hydrogens is 245 g/mol. The van der Waals surface area contributed by atoms with Gasteiger partial charge in [0, 0.05) is 13.1 Å². The summed E-state index contributed by atoms with van der Waals surface area (Å²) in [7, 11) is 0. The third-order valence-electron chi connectivity index (χ3n) is 3.36. The highest BCUT2D eigenvalue weighted by Crippen LogP contribution is 2.29. The predicted octanol–water partition coefficient (Wildman–Crippen LogP) is 2.88. The normalized spacial score (nSPS) is 24.3. The van der Waals surface area contributed by atoms with Crippen molar-refractivity contribution < 1.29 is 14.2 Å². The molecule has 0 aromatic heterocycles. The van der Waals surface area contributed by atoms with E-state index in [1.54, 1.807) is 19.1 Å². The minimum Gasteiger partial charge on any atom is -0.389 e. The molecule has 1 aromatic carbocycles. The number of aliphatic hydroxyl groups is 1. The van der Waals surface area contributed by atoms with E-state index < -0.39 is 6.10 Å². The van der Waals surface area contributed by atoms with Gasteiger partial charge < -0.3 is 14.7 Å². The van der Waals surface area contributed by atoms with Crippen molar-refractivity contribution in [2.45, 2.75) is 45.5 Å². The highest BCUT2D eigenvalue weighted by atomic mass is 19.1. The van der Waals surface area contributed by atoms with E-state index in [1.807, 2.05) is 25.7 Å². The Morgan fingerprint density at radius 2 is 2.16 bits per heavy atom. The third-order valence-corrected chi connectivity index (χ3v) is 3.36. The van der Waals surface area contributed by atoms with Crippen molar-refractivity contribution in [3.05, 3.63) is 29.6 Å². The predicted molar refractivity (Wildman–Crippen MR) is 73.9 cm³/mol. The van der Waals surface area contributed by atoms with Gasteiger partial charge in [0.15, 0.2) is 0 Å². The Balaban J connectivity index is 2.26. The number of anilines is 1. The number of benzene rings is 1. The standard InChI is InChI=1S/C15H22FNO2/c1-10-8-17(9-15(3,4)19-10)14-6-5-12(11(2)18)7-13(14)16/h5-7,10-11,18H,8-9H2,1-4H3/t10?,11-/m1/s1. The molecule has 0 spiro atoms. The minimum atomic E-state index is -0.649. The molecule has 1 N–H and O–H groups in total. The first-order valence-electron chi connectivity index (χ1n) is 6.69. The summed E-state index contributed by atoms with van der Waals surface area (Å²) >= 11 is 0. The minimum absolute atomic E-state index is 0.0691. The number of hydrogen-bond donors (Lipinski definition) is 1. The molecular formula is C15H22FNO2. The third kappa shape index (κ3) is 3.25. The maximum atomic E-state index is 14.2. The summed E-state index contributed by atoms with van der Waals surface area (Å²) in [5.74, 6) is -0.289. The lowest BCUT2D eigenvalue weighted by atomic mass is 10.0. The average molecular weight is 267 g/mol. The van der Waals surface area contributed by atoms with Crippen molar-refractivity contribution >= 4 is 5.69 Å². The van der Waals surface area contributed by atoms with Crippen molar-refractivity contribution in [2.75, 3.05) is 18.0 Å². The Kier molecular flexibility index (Phi) is 3.83. The van der Waals surface area contributed by atoms with Crippen LogP contribution in [0.1, 0.15) is 39.4 Å². The molecule has 0 amide bonds. The average Bonchev–Trinajstić information content (AvgIpc) is 2.25. The maximum Gasteiger partial charge on any atom is 0.146 e. The summed E-state index contributed by atoms with van der Waals surface area (Å²) in [5.41, 5.74) is 0.891. The fourth-order valence-electron chi connectivity index (χ4n) is 2.68. The highest BCUT2D eigenvalue weighted by Gasteiger charge is 2.32. The fraction of sp³-hybridized carbons (Fsp3) is 0.600. The Labute approximate surface area is 114 Å². The molecule has 3 nitrogen and oxygen atoms in total. The molecule has 1 unspecified atom stereocenters. The molecule has 0 bridgehead atoms.